The number of ether oxygens (including phenoxy) is 1. The SMILES string of the molecule is NCc1cncn1C1CC2CCC1O2. The molecule has 14 heavy (non-hydrogen) atoms. The van der Waals surface area contributed by atoms with Gasteiger partial charge in [-0.05, 0) is 19.3 Å². The standard InChI is InChI=1S/C10H15N3O/c11-4-7-5-12-6-13(7)9-3-8-1-2-10(9)14-8/h5-6,8-10H,1-4,11H2. The maximum absolute atomic E-state index is 5.82. The summed E-state index contributed by atoms with van der Waals surface area (Å²) in [5.41, 5.74) is 6.78. The van der Waals surface area contributed by atoms with Crippen molar-refractivity contribution in [2.24, 2.45) is 5.73 Å². The van der Waals surface area contributed by atoms with Crippen molar-refractivity contribution in [1.82, 2.24) is 9.55 Å². The Balaban J connectivity index is 1.89. The van der Waals surface area contributed by atoms with Crippen molar-refractivity contribution < 1.29 is 4.74 Å². The molecule has 0 saturated carbocycles. The molecular formula is C10H15N3O. The molecule has 3 atom stereocenters. The smallest absolute Gasteiger partial charge is 0.0952 e. The normalized spacial score (nSPS) is 35.4. The number of imidazole rings is 1. The third kappa shape index (κ3) is 1.11. The molecule has 0 aliphatic carbocycles. The topological polar surface area (TPSA) is 53.1 Å². The van der Waals surface area contributed by atoms with Gasteiger partial charge in [0.05, 0.1) is 30.3 Å². The number of hydrogen-bond acceptors (Lipinski definition) is 3. The summed E-state index contributed by atoms with van der Waals surface area (Å²) in [4.78, 5) is 4.15. The Morgan fingerprint density at radius 1 is 1.57 bits per heavy atom. The molecule has 2 aliphatic heterocycles. The van der Waals surface area contributed by atoms with Crippen LogP contribution in [-0.2, 0) is 11.3 Å². The second-order valence-corrected chi connectivity index (χ2v) is 4.17. The van der Waals surface area contributed by atoms with Crippen molar-refractivity contribution in [2.45, 2.75) is 44.1 Å². The summed E-state index contributed by atoms with van der Waals surface area (Å²) in [5.74, 6) is 0. The first-order valence-corrected chi connectivity index (χ1v) is 5.24. The van der Waals surface area contributed by atoms with Gasteiger partial charge in [0.25, 0.3) is 0 Å². The lowest BCUT2D eigenvalue weighted by atomic mass is 9.95. The minimum Gasteiger partial charge on any atom is -0.373 e. The molecular weight excluding hydrogens is 178 g/mol. The highest BCUT2D eigenvalue weighted by Gasteiger charge is 2.41. The summed E-state index contributed by atoms with van der Waals surface area (Å²) in [7, 11) is 0. The highest BCUT2D eigenvalue weighted by Crippen LogP contribution is 2.41. The molecule has 3 heterocycles. The van der Waals surface area contributed by atoms with Crippen LogP contribution in [0.5, 0.6) is 0 Å². The average Bonchev–Trinajstić information content (AvgIpc) is 2.92. The van der Waals surface area contributed by atoms with E-state index in [1.807, 2.05) is 12.5 Å². The number of aromatic nitrogens is 2. The van der Waals surface area contributed by atoms with Crippen molar-refractivity contribution in [3.05, 3.63) is 18.2 Å². The molecule has 3 unspecified atom stereocenters. The van der Waals surface area contributed by atoms with Crippen LogP contribution in [0.3, 0.4) is 0 Å². The first-order chi connectivity index (χ1) is 6.88. The van der Waals surface area contributed by atoms with Gasteiger partial charge in [-0.3, -0.25) is 0 Å². The molecule has 1 aromatic heterocycles. The molecule has 0 amide bonds. The molecule has 0 spiro atoms. The van der Waals surface area contributed by atoms with Crippen molar-refractivity contribution in [3.63, 3.8) is 0 Å². The van der Waals surface area contributed by atoms with Crippen LogP contribution >= 0.6 is 0 Å². The molecule has 2 aliphatic rings. The lowest BCUT2D eigenvalue weighted by Crippen LogP contribution is -2.22. The second-order valence-electron chi connectivity index (χ2n) is 4.17. The summed E-state index contributed by atoms with van der Waals surface area (Å²) >= 11 is 0. The molecule has 0 aromatic carbocycles. The predicted molar refractivity (Wildman–Crippen MR) is 51.7 cm³/mol. The van der Waals surface area contributed by atoms with Gasteiger partial charge in [0.15, 0.2) is 0 Å². The molecule has 4 heteroatoms. The third-order valence-corrected chi connectivity index (χ3v) is 3.39. The van der Waals surface area contributed by atoms with Gasteiger partial charge in [-0.2, -0.15) is 0 Å². The van der Waals surface area contributed by atoms with Crippen LogP contribution in [0.4, 0.5) is 0 Å². The van der Waals surface area contributed by atoms with E-state index in [0.29, 0.717) is 24.8 Å². The van der Waals surface area contributed by atoms with E-state index < -0.39 is 0 Å². The molecule has 2 bridgehead atoms. The van der Waals surface area contributed by atoms with Crippen molar-refractivity contribution in [2.75, 3.05) is 0 Å². The Morgan fingerprint density at radius 3 is 3.14 bits per heavy atom. The molecule has 3 rings (SSSR count). The van der Waals surface area contributed by atoms with Crippen LogP contribution in [-0.4, -0.2) is 21.8 Å². The predicted octanol–water partition coefficient (Wildman–Crippen LogP) is 0.834. The highest BCUT2D eigenvalue weighted by atomic mass is 16.5. The molecule has 2 N–H and O–H groups in total. The van der Waals surface area contributed by atoms with E-state index in [0.717, 1.165) is 12.1 Å². The fraction of sp³-hybridized carbons (Fsp3) is 0.700. The van der Waals surface area contributed by atoms with E-state index in [2.05, 4.69) is 9.55 Å². The highest BCUT2D eigenvalue weighted by molar-refractivity contribution is 5.04. The number of rotatable bonds is 2. The molecule has 0 radical (unpaired) electrons. The van der Waals surface area contributed by atoms with Crippen LogP contribution in [0.25, 0.3) is 0 Å². The minimum atomic E-state index is 0.402. The lowest BCUT2D eigenvalue weighted by Gasteiger charge is -2.21. The van der Waals surface area contributed by atoms with Crippen LogP contribution in [0.15, 0.2) is 12.5 Å². The zero-order valence-electron chi connectivity index (χ0n) is 8.10. The molecule has 76 valence electrons. The quantitative estimate of drug-likeness (QED) is 0.757. The van der Waals surface area contributed by atoms with Crippen molar-refractivity contribution in [1.29, 1.82) is 0 Å². The van der Waals surface area contributed by atoms with E-state index >= 15 is 0 Å². The monoisotopic (exact) mass is 193 g/mol. The largest absolute Gasteiger partial charge is 0.373 e. The maximum atomic E-state index is 5.82. The summed E-state index contributed by atoms with van der Waals surface area (Å²) in [6, 6.07) is 0.481. The van der Waals surface area contributed by atoms with Crippen LogP contribution in [0.1, 0.15) is 31.0 Å². The zero-order valence-corrected chi connectivity index (χ0v) is 8.10. The molecule has 2 saturated heterocycles. The van der Waals surface area contributed by atoms with E-state index in [-0.39, 0.29) is 0 Å². The molecule has 4 nitrogen and oxygen atoms in total. The van der Waals surface area contributed by atoms with E-state index in [4.69, 9.17) is 10.5 Å². The van der Waals surface area contributed by atoms with Crippen LogP contribution in [0, 0.1) is 0 Å². The number of nitrogens with two attached hydrogens (primary N) is 1. The van der Waals surface area contributed by atoms with Crippen molar-refractivity contribution >= 4 is 0 Å². The average molecular weight is 193 g/mol. The van der Waals surface area contributed by atoms with Gasteiger partial charge in [-0.25, -0.2) is 4.98 Å². The lowest BCUT2D eigenvalue weighted by molar-refractivity contribution is 0.0935. The van der Waals surface area contributed by atoms with Crippen LogP contribution in [0.2, 0.25) is 0 Å². The first-order valence-electron chi connectivity index (χ1n) is 5.24. The molecule has 2 fully saturated rings. The van der Waals surface area contributed by atoms with Gasteiger partial charge in [0, 0.05) is 12.7 Å². The molecule has 1 aromatic rings. The Hall–Kier alpha value is -0.870. The first kappa shape index (κ1) is 8.44. The number of fused-ring (bicyclic) bond motifs is 2. The van der Waals surface area contributed by atoms with Gasteiger partial charge < -0.3 is 15.0 Å². The van der Waals surface area contributed by atoms with Crippen LogP contribution < -0.4 is 5.73 Å². The van der Waals surface area contributed by atoms with Crippen molar-refractivity contribution in [3.8, 4) is 0 Å². The summed E-state index contributed by atoms with van der Waals surface area (Å²) in [5, 5.41) is 0. The number of hydrogen-bond donors (Lipinski definition) is 1. The second kappa shape index (κ2) is 3.07. The van der Waals surface area contributed by atoms with E-state index in [9.17, 15) is 0 Å². The number of nitrogens with zero attached hydrogens (tertiary/aromatic N) is 2. The fourth-order valence-electron chi connectivity index (χ4n) is 2.69. The van der Waals surface area contributed by atoms with Gasteiger partial charge in [-0.1, -0.05) is 0 Å². The van der Waals surface area contributed by atoms with E-state index in [1.54, 1.807) is 0 Å². The Morgan fingerprint density at radius 2 is 2.50 bits per heavy atom. The Bertz CT molecular complexity index is 336. The van der Waals surface area contributed by atoms with E-state index in [1.165, 1.54) is 12.8 Å². The summed E-state index contributed by atoms with van der Waals surface area (Å²) in [6.07, 6.45) is 8.18. The third-order valence-electron chi connectivity index (χ3n) is 3.39. The van der Waals surface area contributed by atoms with Gasteiger partial charge in [-0.15, -0.1) is 0 Å². The zero-order chi connectivity index (χ0) is 9.54. The maximum Gasteiger partial charge on any atom is 0.0952 e. The summed E-state index contributed by atoms with van der Waals surface area (Å²) < 4.78 is 8.02. The Kier molecular flexibility index (Phi) is 1.85. The Labute approximate surface area is 83.1 Å². The minimum absolute atomic E-state index is 0.402. The van der Waals surface area contributed by atoms with Gasteiger partial charge in [0.2, 0.25) is 0 Å². The summed E-state index contributed by atoms with van der Waals surface area (Å²) in [6.45, 7) is 0.563. The van der Waals surface area contributed by atoms with Gasteiger partial charge in [0.1, 0.15) is 0 Å². The fourth-order valence-corrected chi connectivity index (χ4v) is 2.69. The van der Waals surface area contributed by atoms with Gasteiger partial charge >= 0.3 is 0 Å².